The van der Waals surface area contributed by atoms with E-state index in [4.69, 9.17) is 0 Å². The molecule has 0 spiro atoms. The first-order valence-electron chi connectivity index (χ1n) is 8.78. The zero-order valence-corrected chi connectivity index (χ0v) is 14.2. The monoisotopic (exact) mass is 337 g/mol. The maximum atomic E-state index is 12.1. The Morgan fingerprint density at radius 3 is 2.72 bits per heavy atom. The second-order valence-corrected chi connectivity index (χ2v) is 6.53. The number of anilines is 1. The number of benzene rings is 1. The molecule has 1 heterocycles. The van der Waals surface area contributed by atoms with Gasteiger partial charge in [-0.25, -0.2) is 0 Å². The molecule has 0 aliphatic heterocycles. The summed E-state index contributed by atoms with van der Waals surface area (Å²) in [6.45, 7) is 0.403. The lowest BCUT2D eigenvalue weighted by Gasteiger charge is -2.11. The maximum absolute atomic E-state index is 12.1. The highest BCUT2D eigenvalue weighted by Crippen LogP contribution is 2.27. The fourth-order valence-electron chi connectivity index (χ4n) is 3.23. The number of pyridine rings is 1. The predicted molar refractivity (Wildman–Crippen MR) is 97.1 cm³/mol. The van der Waals surface area contributed by atoms with E-state index in [1.165, 1.54) is 19.0 Å². The van der Waals surface area contributed by atoms with Gasteiger partial charge in [-0.15, -0.1) is 0 Å². The molecule has 130 valence electrons. The van der Waals surface area contributed by atoms with E-state index in [-0.39, 0.29) is 11.8 Å². The molecule has 0 saturated heterocycles. The minimum Gasteiger partial charge on any atom is -0.348 e. The number of carbonyl (C=O) groups excluding carboxylic acids is 2. The highest BCUT2D eigenvalue weighted by molar-refractivity contribution is 5.94. The van der Waals surface area contributed by atoms with E-state index < -0.39 is 0 Å². The smallest absolute Gasteiger partial charge is 0.253 e. The van der Waals surface area contributed by atoms with Crippen LogP contribution in [-0.4, -0.2) is 16.8 Å². The summed E-state index contributed by atoms with van der Waals surface area (Å²) in [6.07, 6.45) is 8.57. The molecule has 2 amide bonds. The second-order valence-electron chi connectivity index (χ2n) is 6.53. The molecule has 0 radical (unpaired) electrons. The van der Waals surface area contributed by atoms with Crippen LogP contribution in [0.5, 0.6) is 0 Å². The van der Waals surface area contributed by atoms with E-state index in [9.17, 15) is 9.59 Å². The molecule has 1 fully saturated rings. The first kappa shape index (κ1) is 17.1. The molecule has 3 rings (SSSR count). The number of nitrogens with one attached hydrogen (secondary N) is 2. The number of amides is 2. The van der Waals surface area contributed by atoms with Gasteiger partial charge in [0.15, 0.2) is 0 Å². The van der Waals surface area contributed by atoms with Crippen LogP contribution >= 0.6 is 0 Å². The largest absolute Gasteiger partial charge is 0.348 e. The van der Waals surface area contributed by atoms with Crippen molar-refractivity contribution in [2.24, 2.45) is 5.92 Å². The van der Waals surface area contributed by atoms with E-state index >= 15 is 0 Å². The third-order valence-electron chi connectivity index (χ3n) is 4.54. The lowest BCUT2D eigenvalue weighted by atomic mass is 10.0. The standard InChI is InChI=1S/C20H23N3O2/c24-19(12-15-5-1-2-6-15)23-18-9-3-7-16(11-18)13-22-20(25)17-8-4-10-21-14-17/h3-4,7-11,14-15H,1-2,5-6,12-13H2,(H,22,25)(H,23,24). The zero-order chi connectivity index (χ0) is 17.5. The van der Waals surface area contributed by atoms with Crippen molar-refractivity contribution < 1.29 is 9.59 Å². The minimum atomic E-state index is -0.163. The Balaban J connectivity index is 1.52. The molecule has 1 aliphatic rings. The predicted octanol–water partition coefficient (Wildman–Crippen LogP) is 3.53. The van der Waals surface area contributed by atoms with E-state index in [1.54, 1.807) is 18.3 Å². The van der Waals surface area contributed by atoms with Crippen LogP contribution < -0.4 is 10.6 Å². The quantitative estimate of drug-likeness (QED) is 0.847. The van der Waals surface area contributed by atoms with Gasteiger partial charge in [0.05, 0.1) is 5.56 Å². The summed E-state index contributed by atoms with van der Waals surface area (Å²) in [5.74, 6) is 0.439. The Bertz CT molecular complexity index is 725. The molecule has 0 atom stereocenters. The first-order chi connectivity index (χ1) is 12.2. The van der Waals surface area contributed by atoms with Crippen molar-refractivity contribution in [2.75, 3.05) is 5.32 Å². The highest BCUT2D eigenvalue weighted by Gasteiger charge is 2.18. The van der Waals surface area contributed by atoms with Crippen molar-refractivity contribution in [2.45, 2.75) is 38.6 Å². The Labute approximate surface area is 147 Å². The molecular weight excluding hydrogens is 314 g/mol. The van der Waals surface area contributed by atoms with Crippen LogP contribution in [0, 0.1) is 5.92 Å². The maximum Gasteiger partial charge on any atom is 0.253 e. The molecule has 0 bridgehead atoms. The number of hydrogen-bond acceptors (Lipinski definition) is 3. The Morgan fingerprint density at radius 2 is 1.96 bits per heavy atom. The lowest BCUT2D eigenvalue weighted by molar-refractivity contribution is -0.117. The summed E-state index contributed by atoms with van der Waals surface area (Å²) in [7, 11) is 0. The summed E-state index contributed by atoms with van der Waals surface area (Å²) in [4.78, 5) is 28.1. The highest BCUT2D eigenvalue weighted by atomic mass is 16.2. The van der Waals surface area contributed by atoms with Gasteiger partial charge in [0.1, 0.15) is 0 Å². The van der Waals surface area contributed by atoms with Gasteiger partial charge in [0.2, 0.25) is 5.91 Å². The van der Waals surface area contributed by atoms with E-state index in [1.807, 2.05) is 24.3 Å². The Hall–Kier alpha value is -2.69. The van der Waals surface area contributed by atoms with Crippen LogP contribution in [0.15, 0.2) is 48.8 Å². The summed E-state index contributed by atoms with van der Waals surface area (Å²) >= 11 is 0. The zero-order valence-electron chi connectivity index (χ0n) is 14.2. The average molecular weight is 337 g/mol. The third-order valence-corrected chi connectivity index (χ3v) is 4.54. The van der Waals surface area contributed by atoms with Crippen LogP contribution in [0.4, 0.5) is 5.69 Å². The SMILES string of the molecule is O=C(CC1CCCC1)Nc1cccc(CNC(=O)c2cccnc2)c1. The van der Waals surface area contributed by atoms with Gasteiger partial charge in [-0.2, -0.15) is 0 Å². The number of nitrogens with zero attached hydrogens (tertiary/aromatic N) is 1. The van der Waals surface area contributed by atoms with Crippen molar-refractivity contribution in [3.8, 4) is 0 Å². The van der Waals surface area contributed by atoms with Crippen molar-refractivity contribution >= 4 is 17.5 Å². The summed E-state index contributed by atoms with van der Waals surface area (Å²) < 4.78 is 0. The van der Waals surface area contributed by atoms with Gasteiger partial charge < -0.3 is 10.6 Å². The summed E-state index contributed by atoms with van der Waals surface area (Å²) in [5, 5.41) is 5.83. The molecule has 1 aromatic heterocycles. The first-order valence-corrected chi connectivity index (χ1v) is 8.78. The van der Waals surface area contributed by atoms with Crippen LogP contribution in [0.2, 0.25) is 0 Å². The fourth-order valence-corrected chi connectivity index (χ4v) is 3.23. The van der Waals surface area contributed by atoms with Crippen molar-refractivity contribution in [1.29, 1.82) is 0 Å². The van der Waals surface area contributed by atoms with Crippen LogP contribution in [0.1, 0.15) is 48.0 Å². The van der Waals surface area contributed by atoms with Gasteiger partial charge >= 0.3 is 0 Å². The molecule has 0 unspecified atom stereocenters. The van der Waals surface area contributed by atoms with Crippen molar-refractivity contribution in [3.05, 3.63) is 59.9 Å². The average Bonchev–Trinajstić information content (AvgIpc) is 3.13. The molecular formula is C20H23N3O2. The van der Waals surface area contributed by atoms with Gasteiger partial charge in [0.25, 0.3) is 5.91 Å². The lowest BCUT2D eigenvalue weighted by Crippen LogP contribution is -2.23. The van der Waals surface area contributed by atoms with Crippen molar-refractivity contribution in [3.63, 3.8) is 0 Å². The molecule has 1 saturated carbocycles. The minimum absolute atomic E-state index is 0.0726. The summed E-state index contributed by atoms with van der Waals surface area (Å²) in [5.41, 5.74) is 2.25. The second kappa shape index (κ2) is 8.42. The number of rotatable bonds is 6. The molecule has 25 heavy (non-hydrogen) atoms. The molecule has 5 nitrogen and oxygen atoms in total. The molecule has 1 aliphatic carbocycles. The number of carbonyl (C=O) groups is 2. The van der Waals surface area contributed by atoms with Gasteiger partial charge in [0, 0.05) is 31.0 Å². The molecule has 2 aromatic rings. The van der Waals surface area contributed by atoms with E-state index in [0.29, 0.717) is 24.4 Å². The van der Waals surface area contributed by atoms with Gasteiger partial charge in [-0.05, 0) is 48.6 Å². The number of hydrogen-bond donors (Lipinski definition) is 2. The van der Waals surface area contributed by atoms with Crippen LogP contribution in [0.25, 0.3) is 0 Å². The van der Waals surface area contributed by atoms with Crippen LogP contribution in [-0.2, 0) is 11.3 Å². The normalized spacial score (nSPS) is 14.2. The Kier molecular flexibility index (Phi) is 5.77. The topological polar surface area (TPSA) is 71.1 Å². The Morgan fingerprint density at radius 1 is 1.12 bits per heavy atom. The fraction of sp³-hybridized carbons (Fsp3) is 0.350. The molecule has 1 aromatic carbocycles. The van der Waals surface area contributed by atoms with Gasteiger partial charge in [-0.3, -0.25) is 14.6 Å². The summed E-state index contributed by atoms with van der Waals surface area (Å²) in [6, 6.07) is 11.0. The molecule has 5 heteroatoms. The van der Waals surface area contributed by atoms with Gasteiger partial charge in [-0.1, -0.05) is 25.0 Å². The number of aromatic nitrogens is 1. The molecule has 2 N–H and O–H groups in total. The van der Waals surface area contributed by atoms with Crippen LogP contribution in [0.3, 0.4) is 0 Å². The van der Waals surface area contributed by atoms with E-state index in [2.05, 4.69) is 15.6 Å². The third kappa shape index (κ3) is 5.14. The van der Waals surface area contributed by atoms with Crippen molar-refractivity contribution in [1.82, 2.24) is 10.3 Å². The van der Waals surface area contributed by atoms with E-state index in [0.717, 1.165) is 24.1 Å².